The van der Waals surface area contributed by atoms with Gasteiger partial charge in [0, 0.05) is 11.1 Å². The molecule has 1 N–H and O–H groups in total. The zero-order chi connectivity index (χ0) is 12.3. The Hall–Kier alpha value is -0.600. The standard InChI is InChI=1S/C14H19ClFN/c1-17-14(10-4-2-3-5-10)8-11-6-7-12(16)9-13(11)15/h6-7,9-10,14,17H,2-5,8H2,1H3. The van der Waals surface area contributed by atoms with Gasteiger partial charge in [0.15, 0.2) is 0 Å². The van der Waals surface area contributed by atoms with Crippen molar-refractivity contribution in [1.29, 1.82) is 0 Å². The van der Waals surface area contributed by atoms with E-state index in [1.54, 1.807) is 6.07 Å². The van der Waals surface area contributed by atoms with E-state index in [2.05, 4.69) is 5.32 Å². The van der Waals surface area contributed by atoms with Crippen molar-refractivity contribution in [3.63, 3.8) is 0 Å². The summed E-state index contributed by atoms with van der Waals surface area (Å²) < 4.78 is 13.0. The number of hydrogen-bond donors (Lipinski definition) is 1. The van der Waals surface area contributed by atoms with E-state index >= 15 is 0 Å². The highest BCUT2D eigenvalue weighted by Crippen LogP contribution is 2.30. The molecule has 17 heavy (non-hydrogen) atoms. The quantitative estimate of drug-likeness (QED) is 0.863. The van der Waals surface area contributed by atoms with Crippen LogP contribution in [0.5, 0.6) is 0 Å². The molecule has 1 saturated carbocycles. The Bertz CT molecular complexity index is 374. The SMILES string of the molecule is CNC(Cc1ccc(F)cc1Cl)C1CCCC1. The fraction of sp³-hybridized carbons (Fsp3) is 0.571. The van der Waals surface area contributed by atoms with Gasteiger partial charge in [-0.15, -0.1) is 0 Å². The van der Waals surface area contributed by atoms with Gasteiger partial charge >= 0.3 is 0 Å². The number of likely N-dealkylation sites (N-methyl/N-ethyl adjacent to an activating group) is 1. The molecule has 1 atom stereocenters. The van der Waals surface area contributed by atoms with Gasteiger partial charge in [0.25, 0.3) is 0 Å². The Labute approximate surface area is 107 Å². The molecule has 0 aliphatic heterocycles. The number of hydrogen-bond acceptors (Lipinski definition) is 1. The zero-order valence-corrected chi connectivity index (χ0v) is 10.9. The lowest BCUT2D eigenvalue weighted by atomic mass is 9.92. The summed E-state index contributed by atoms with van der Waals surface area (Å²) in [5.41, 5.74) is 1.04. The first-order valence-electron chi connectivity index (χ1n) is 6.32. The smallest absolute Gasteiger partial charge is 0.124 e. The summed E-state index contributed by atoms with van der Waals surface area (Å²) in [7, 11) is 2.00. The molecule has 0 amide bonds. The largest absolute Gasteiger partial charge is 0.316 e. The Kier molecular flexibility index (Phi) is 4.41. The lowest BCUT2D eigenvalue weighted by molar-refractivity contribution is 0.377. The average Bonchev–Trinajstić information content (AvgIpc) is 2.81. The van der Waals surface area contributed by atoms with Crippen molar-refractivity contribution < 1.29 is 4.39 Å². The van der Waals surface area contributed by atoms with Gasteiger partial charge in [-0.2, -0.15) is 0 Å². The van der Waals surface area contributed by atoms with Crippen molar-refractivity contribution >= 4 is 11.6 Å². The van der Waals surface area contributed by atoms with Gasteiger partial charge < -0.3 is 5.32 Å². The first-order valence-corrected chi connectivity index (χ1v) is 6.69. The van der Waals surface area contributed by atoms with Crippen LogP contribution in [-0.4, -0.2) is 13.1 Å². The van der Waals surface area contributed by atoms with E-state index in [0.29, 0.717) is 11.1 Å². The maximum Gasteiger partial charge on any atom is 0.124 e. The third-order valence-electron chi connectivity index (χ3n) is 3.79. The van der Waals surface area contributed by atoms with Crippen molar-refractivity contribution in [2.24, 2.45) is 5.92 Å². The molecule has 1 unspecified atom stereocenters. The first-order chi connectivity index (χ1) is 8.20. The molecule has 0 saturated heterocycles. The second-order valence-electron chi connectivity index (χ2n) is 4.88. The van der Waals surface area contributed by atoms with Crippen LogP contribution in [0.2, 0.25) is 5.02 Å². The minimum atomic E-state index is -0.263. The topological polar surface area (TPSA) is 12.0 Å². The Balaban J connectivity index is 2.06. The third-order valence-corrected chi connectivity index (χ3v) is 4.15. The van der Waals surface area contributed by atoms with Crippen LogP contribution in [0.4, 0.5) is 4.39 Å². The second-order valence-corrected chi connectivity index (χ2v) is 5.29. The Morgan fingerprint density at radius 1 is 1.41 bits per heavy atom. The summed E-state index contributed by atoms with van der Waals surface area (Å²) in [5, 5.41) is 3.93. The summed E-state index contributed by atoms with van der Waals surface area (Å²) in [6, 6.07) is 5.15. The number of halogens is 2. The van der Waals surface area contributed by atoms with Crippen LogP contribution in [0, 0.1) is 11.7 Å². The molecule has 1 aromatic carbocycles. The van der Waals surface area contributed by atoms with E-state index in [9.17, 15) is 4.39 Å². The third kappa shape index (κ3) is 3.20. The molecule has 0 bridgehead atoms. The fourth-order valence-electron chi connectivity index (χ4n) is 2.79. The molecule has 1 fully saturated rings. The van der Waals surface area contributed by atoms with Gasteiger partial charge in [0.05, 0.1) is 0 Å². The van der Waals surface area contributed by atoms with E-state index in [4.69, 9.17) is 11.6 Å². The van der Waals surface area contributed by atoms with E-state index in [1.807, 2.05) is 7.05 Å². The minimum Gasteiger partial charge on any atom is -0.316 e. The van der Waals surface area contributed by atoms with Crippen LogP contribution >= 0.6 is 11.6 Å². The molecule has 1 aliphatic carbocycles. The summed E-state index contributed by atoms with van der Waals surface area (Å²) in [6.07, 6.45) is 6.15. The van der Waals surface area contributed by atoms with Crippen molar-refractivity contribution in [3.8, 4) is 0 Å². The summed E-state index contributed by atoms with van der Waals surface area (Å²) in [6.45, 7) is 0. The monoisotopic (exact) mass is 255 g/mol. The molecule has 1 aliphatic rings. The molecule has 94 valence electrons. The molecular formula is C14H19ClFN. The molecule has 2 rings (SSSR count). The van der Waals surface area contributed by atoms with Crippen LogP contribution in [0.1, 0.15) is 31.2 Å². The molecular weight excluding hydrogens is 237 g/mol. The molecule has 3 heteroatoms. The lowest BCUT2D eigenvalue weighted by Gasteiger charge is -2.23. The molecule has 0 heterocycles. The van der Waals surface area contributed by atoms with Crippen molar-refractivity contribution in [3.05, 3.63) is 34.6 Å². The van der Waals surface area contributed by atoms with Gasteiger partial charge in [-0.3, -0.25) is 0 Å². The van der Waals surface area contributed by atoms with E-state index in [0.717, 1.165) is 17.9 Å². The summed E-state index contributed by atoms with van der Waals surface area (Å²) in [5.74, 6) is 0.474. The van der Waals surface area contributed by atoms with Gasteiger partial charge in [-0.1, -0.05) is 30.5 Å². The molecule has 0 aromatic heterocycles. The fourth-order valence-corrected chi connectivity index (χ4v) is 3.03. The molecule has 1 nitrogen and oxygen atoms in total. The van der Waals surface area contributed by atoms with Gasteiger partial charge in [-0.25, -0.2) is 4.39 Å². The normalized spacial score (nSPS) is 18.5. The number of benzene rings is 1. The van der Waals surface area contributed by atoms with Crippen LogP contribution in [0.25, 0.3) is 0 Å². The first kappa shape index (κ1) is 12.8. The zero-order valence-electron chi connectivity index (χ0n) is 10.2. The maximum atomic E-state index is 13.0. The van der Waals surface area contributed by atoms with Crippen molar-refractivity contribution in [1.82, 2.24) is 5.32 Å². The lowest BCUT2D eigenvalue weighted by Crippen LogP contribution is -2.34. The van der Waals surface area contributed by atoms with Crippen LogP contribution in [0.15, 0.2) is 18.2 Å². The van der Waals surface area contributed by atoms with E-state index in [-0.39, 0.29) is 5.82 Å². The number of nitrogens with one attached hydrogen (secondary N) is 1. The van der Waals surface area contributed by atoms with E-state index < -0.39 is 0 Å². The highest BCUT2D eigenvalue weighted by Gasteiger charge is 2.24. The highest BCUT2D eigenvalue weighted by atomic mass is 35.5. The van der Waals surface area contributed by atoms with Gasteiger partial charge in [0.1, 0.15) is 5.82 Å². The van der Waals surface area contributed by atoms with Crippen molar-refractivity contribution in [2.75, 3.05) is 7.05 Å². The average molecular weight is 256 g/mol. The molecule has 1 aromatic rings. The second kappa shape index (κ2) is 5.83. The van der Waals surface area contributed by atoms with Gasteiger partial charge in [-0.05, 0) is 49.9 Å². The Morgan fingerprint density at radius 3 is 2.71 bits per heavy atom. The Morgan fingerprint density at radius 2 is 2.12 bits per heavy atom. The maximum absolute atomic E-state index is 13.0. The van der Waals surface area contributed by atoms with E-state index in [1.165, 1.54) is 37.8 Å². The van der Waals surface area contributed by atoms with Gasteiger partial charge in [0.2, 0.25) is 0 Å². The summed E-state index contributed by atoms with van der Waals surface area (Å²) in [4.78, 5) is 0. The predicted octanol–water partition coefficient (Wildman–Crippen LogP) is 3.80. The number of rotatable bonds is 4. The van der Waals surface area contributed by atoms with Crippen LogP contribution < -0.4 is 5.32 Å². The molecule has 0 radical (unpaired) electrons. The van der Waals surface area contributed by atoms with Crippen LogP contribution in [-0.2, 0) is 6.42 Å². The predicted molar refractivity (Wildman–Crippen MR) is 69.9 cm³/mol. The van der Waals surface area contributed by atoms with Crippen LogP contribution in [0.3, 0.4) is 0 Å². The minimum absolute atomic E-state index is 0.263. The highest BCUT2D eigenvalue weighted by molar-refractivity contribution is 6.31. The summed E-state index contributed by atoms with van der Waals surface area (Å²) >= 11 is 6.07. The van der Waals surface area contributed by atoms with Crippen molar-refractivity contribution in [2.45, 2.75) is 38.1 Å². The molecule has 0 spiro atoms.